The van der Waals surface area contributed by atoms with Gasteiger partial charge < -0.3 is 4.90 Å². The van der Waals surface area contributed by atoms with E-state index in [4.69, 9.17) is 0 Å². The van der Waals surface area contributed by atoms with Crippen molar-refractivity contribution in [1.82, 2.24) is 4.90 Å². The van der Waals surface area contributed by atoms with Gasteiger partial charge in [-0.1, -0.05) is 69.3 Å². The summed E-state index contributed by atoms with van der Waals surface area (Å²) in [5, 5.41) is 0. The van der Waals surface area contributed by atoms with E-state index in [1.165, 1.54) is 5.56 Å². The smallest absolute Gasteiger partial charge is 0.230 e. The molecule has 5 atom stereocenters. The zero-order chi connectivity index (χ0) is 23.6. The van der Waals surface area contributed by atoms with Gasteiger partial charge in [0.05, 0.1) is 0 Å². The topological polar surface area (TPSA) is 23.6 Å². The standard InChI is InChI=1S/C29H42N2O/c1-19(2)31(27-17-13-12-14-20(27)3)29(32)23(6)28-21(4)24(7)30(25(8)22(28)5)18-26-15-10-9-11-16-26/h9-17,19,21-25,28H,18H2,1-8H3. The predicted octanol–water partition coefficient (Wildman–Crippen LogP) is 6.55. The van der Waals surface area contributed by atoms with E-state index in [1.54, 1.807) is 0 Å². The number of hydrogen-bond acceptors (Lipinski definition) is 2. The van der Waals surface area contributed by atoms with Gasteiger partial charge in [0.25, 0.3) is 0 Å². The van der Waals surface area contributed by atoms with Gasteiger partial charge in [-0.05, 0) is 69.6 Å². The molecule has 1 aliphatic heterocycles. The van der Waals surface area contributed by atoms with Gasteiger partial charge in [0.1, 0.15) is 0 Å². The third-order valence-electron chi connectivity index (χ3n) is 8.09. The summed E-state index contributed by atoms with van der Waals surface area (Å²) in [4.78, 5) is 18.6. The number of hydrogen-bond donors (Lipinski definition) is 0. The average molecular weight is 435 g/mol. The van der Waals surface area contributed by atoms with Gasteiger partial charge in [0.2, 0.25) is 5.91 Å². The summed E-state index contributed by atoms with van der Waals surface area (Å²) in [7, 11) is 0. The lowest BCUT2D eigenvalue weighted by molar-refractivity contribution is -0.129. The molecule has 3 nitrogen and oxygen atoms in total. The van der Waals surface area contributed by atoms with E-state index in [9.17, 15) is 4.79 Å². The highest BCUT2D eigenvalue weighted by Crippen LogP contribution is 2.43. The predicted molar refractivity (Wildman–Crippen MR) is 136 cm³/mol. The molecule has 3 rings (SSSR count). The molecule has 5 unspecified atom stereocenters. The number of piperidine rings is 1. The number of para-hydroxylation sites is 1. The van der Waals surface area contributed by atoms with Crippen LogP contribution in [0.25, 0.3) is 0 Å². The first kappa shape index (κ1) is 24.5. The Morgan fingerprint density at radius 2 is 1.41 bits per heavy atom. The molecule has 1 saturated heterocycles. The maximum absolute atomic E-state index is 13.9. The lowest BCUT2D eigenvalue weighted by atomic mass is 9.66. The monoisotopic (exact) mass is 434 g/mol. The minimum atomic E-state index is -0.0224. The van der Waals surface area contributed by atoms with Crippen LogP contribution >= 0.6 is 0 Å². The van der Waals surface area contributed by atoms with Crippen molar-refractivity contribution in [1.29, 1.82) is 0 Å². The number of aryl methyl sites for hydroxylation is 1. The molecule has 2 aromatic rings. The largest absolute Gasteiger partial charge is 0.309 e. The van der Waals surface area contributed by atoms with E-state index in [2.05, 4.69) is 103 Å². The van der Waals surface area contributed by atoms with Crippen LogP contribution in [0.4, 0.5) is 5.69 Å². The number of amides is 1. The third kappa shape index (κ3) is 4.78. The van der Waals surface area contributed by atoms with Crippen molar-refractivity contribution >= 4 is 11.6 Å². The Bertz CT molecular complexity index is 877. The lowest BCUT2D eigenvalue weighted by Crippen LogP contribution is -2.58. The molecule has 1 aliphatic rings. The van der Waals surface area contributed by atoms with Gasteiger partial charge in [-0.3, -0.25) is 9.69 Å². The summed E-state index contributed by atoms with van der Waals surface area (Å²) >= 11 is 0. The van der Waals surface area contributed by atoms with Crippen LogP contribution in [0.1, 0.15) is 59.6 Å². The highest BCUT2D eigenvalue weighted by atomic mass is 16.2. The van der Waals surface area contributed by atoms with Crippen molar-refractivity contribution in [2.45, 2.75) is 80.1 Å². The molecule has 1 heterocycles. The number of rotatable bonds is 6. The Morgan fingerprint density at radius 1 is 0.875 bits per heavy atom. The Morgan fingerprint density at radius 3 is 1.94 bits per heavy atom. The third-order valence-corrected chi connectivity index (χ3v) is 8.09. The van der Waals surface area contributed by atoms with Crippen molar-refractivity contribution in [3.63, 3.8) is 0 Å². The number of nitrogens with zero attached hydrogens (tertiary/aromatic N) is 2. The van der Waals surface area contributed by atoms with Crippen molar-refractivity contribution in [3.8, 4) is 0 Å². The molecular weight excluding hydrogens is 392 g/mol. The molecule has 0 saturated carbocycles. The molecule has 174 valence electrons. The molecule has 1 amide bonds. The molecule has 0 radical (unpaired) electrons. The fraction of sp³-hybridized carbons (Fsp3) is 0.552. The Hall–Kier alpha value is -2.13. The van der Waals surface area contributed by atoms with E-state index < -0.39 is 0 Å². The van der Waals surface area contributed by atoms with Crippen LogP contribution in [0.5, 0.6) is 0 Å². The number of carbonyl (C=O) groups excluding carboxylic acids is 1. The summed E-state index contributed by atoms with van der Waals surface area (Å²) in [6, 6.07) is 20.0. The van der Waals surface area contributed by atoms with Gasteiger partial charge in [0.15, 0.2) is 0 Å². The van der Waals surface area contributed by atoms with Gasteiger partial charge in [-0.15, -0.1) is 0 Å². The average Bonchev–Trinajstić information content (AvgIpc) is 2.77. The molecule has 0 spiro atoms. The van der Waals surface area contributed by atoms with Crippen LogP contribution in [0.15, 0.2) is 54.6 Å². The van der Waals surface area contributed by atoms with Crippen molar-refractivity contribution < 1.29 is 4.79 Å². The molecule has 2 aromatic carbocycles. The first-order valence-corrected chi connectivity index (χ1v) is 12.3. The molecule has 32 heavy (non-hydrogen) atoms. The van der Waals surface area contributed by atoms with Gasteiger partial charge in [-0.25, -0.2) is 0 Å². The molecule has 0 N–H and O–H groups in total. The zero-order valence-corrected chi connectivity index (χ0v) is 21.2. The first-order valence-electron chi connectivity index (χ1n) is 12.3. The second kappa shape index (κ2) is 10.2. The Balaban J connectivity index is 1.85. The minimum Gasteiger partial charge on any atom is -0.309 e. The summed E-state index contributed by atoms with van der Waals surface area (Å²) < 4.78 is 0. The number of benzene rings is 2. The van der Waals surface area contributed by atoms with Crippen molar-refractivity contribution in [2.75, 3.05) is 4.90 Å². The molecule has 0 aliphatic carbocycles. The van der Waals surface area contributed by atoms with Crippen LogP contribution in [0.2, 0.25) is 0 Å². The number of likely N-dealkylation sites (tertiary alicyclic amines) is 1. The molecule has 3 heteroatoms. The van der Waals surface area contributed by atoms with Crippen molar-refractivity contribution in [2.24, 2.45) is 23.7 Å². The fourth-order valence-corrected chi connectivity index (χ4v) is 5.96. The van der Waals surface area contributed by atoms with Gasteiger partial charge in [0, 0.05) is 36.3 Å². The lowest BCUT2D eigenvalue weighted by Gasteiger charge is -2.52. The molecule has 0 aromatic heterocycles. The summed E-state index contributed by atoms with van der Waals surface area (Å²) in [6.45, 7) is 18.9. The van der Waals surface area contributed by atoms with E-state index in [0.29, 0.717) is 29.8 Å². The number of anilines is 1. The summed E-state index contributed by atoms with van der Waals surface area (Å²) in [6.07, 6.45) is 0. The van der Waals surface area contributed by atoms with Gasteiger partial charge in [-0.2, -0.15) is 0 Å². The maximum atomic E-state index is 13.9. The minimum absolute atomic E-state index is 0.0224. The first-order chi connectivity index (χ1) is 15.1. The van der Waals surface area contributed by atoms with Crippen molar-refractivity contribution in [3.05, 3.63) is 65.7 Å². The molecule has 0 bridgehead atoms. The van der Waals surface area contributed by atoms with Crippen LogP contribution in [-0.2, 0) is 11.3 Å². The van der Waals surface area contributed by atoms with E-state index in [1.807, 2.05) is 17.0 Å². The Kier molecular flexibility index (Phi) is 7.82. The second-order valence-electron chi connectivity index (χ2n) is 10.3. The summed E-state index contributed by atoms with van der Waals surface area (Å²) in [5.41, 5.74) is 3.56. The highest BCUT2D eigenvalue weighted by molar-refractivity contribution is 5.96. The fourth-order valence-electron chi connectivity index (χ4n) is 5.96. The van der Waals surface area contributed by atoms with Crippen LogP contribution in [0.3, 0.4) is 0 Å². The normalized spacial score (nSPS) is 27.3. The van der Waals surface area contributed by atoms with E-state index >= 15 is 0 Å². The molecule has 1 fully saturated rings. The quantitative estimate of drug-likeness (QED) is 0.514. The van der Waals surface area contributed by atoms with Crippen LogP contribution < -0.4 is 4.90 Å². The molecular formula is C29H42N2O. The van der Waals surface area contributed by atoms with Crippen LogP contribution in [-0.4, -0.2) is 28.9 Å². The maximum Gasteiger partial charge on any atom is 0.230 e. The van der Waals surface area contributed by atoms with E-state index in [-0.39, 0.29) is 17.9 Å². The Labute approximate surface area is 195 Å². The zero-order valence-electron chi connectivity index (χ0n) is 21.2. The van der Waals surface area contributed by atoms with Gasteiger partial charge >= 0.3 is 0 Å². The van der Waals surface area contributed by atoms with Crippen LogP contribution in [0, 0.1) is 30.6 Å². The summed E-state index contributed by atoms with van der Waals surface area (Å²) in [5.74, 6) is 1.47. The SMILES string of the molecule is Cc1ccccc1N(C(=O)C(C)C1C(C)C(C)N(Cc2ccccc2)C(C)C1C)C(C)C. The highest BCUT2D eigenvalue weighted by Gasteiger charge is 2.46. The van der Waals surface area contributed by atoms with E-state index in [0.717, 1.165) is 17.8 Å². The second-order valence-corrected chi connectivity index (χ2v) is 10.3. The number of carbonyl (C=O) groups is 1.